The molecule has 0 saturated heterocycles. The third-order valence-electron chi connectivity index (χ3n) is 6.95. The molecule has 2 aromatic rings. The zero-order valence-electron chi connectivity index (χ0n) is 19.8. The molecule has 2 aliphatic rings. The van der Waals surface area contributed by atoms with E-state index in [1.54, 1.807) is 28.4 Å². The largest absolute Gasteiger partial charge is 0.496 e. The Morgan fingerprint density at radius 2 is 0.938 bits per heavy atom. The van der Waals surface area contributed by atoms with Gasteiger partial charge in [0.2, 0.25) is 0 Å². The molecule has 0 fully saturated rings. The van der Waals surface area contributed by atoms with Crippen molar-refractivity contribution in [2.24, 2.45) is 0 Å². The first kappa shape index (κ1) is 22.7. The van der Waals surface area contributed by atoms with E-state index >= 15 is 0 Å². The first-order valence-corrected chi connectivity index (χ1v) is 11.6. The van der Waals surface area contributed by atoms with Crippen molar-refractivity contribution >= 4 is 0 Å². The number of fused-ring (bicyclic) bond motifs is 2. The van der Waals surface area contributed by atoms with Crippen molar-refractivity contribution in [3.05, 3.63) is 46.5 Å². The van der Waals surface area contributed by atoms with Crippen LogP contribution in [0.1, 0.15) is 35.1 Å². The topological polar surface area (TPSA) is 61.0 Å². The Bertz CT molecular complexity index is 855. The van der Waals surface area contributed by atoms with Gasteiger partial charge >= 0.3 is 0 Å². The van der Waals surface area contributed by atoms with E-state index in [0.29, 0.717) is 12.1 Å². The van der Waals surface area contributed by atoms with Crippen LogP contribution in [0.2, 0.25) is 0 Å². The maximum atomic E-state index is 5.61. The second kappa shape index (κ2) is 10.5. The van der Waals surface area contributed by atoms with Crippen molar-refractivity contribution in [2.45, 2.75) is 50.6 Å². The lowest BCUT2D eigenvalue weighted by Gasteiger charge is -2.30. The molecule has 2 aliphatic carbocycles. The molecule has 0 spiro atoms. The third-order valence-corrected chi connectivity index (χ3v) is 6.95. The number of hydrogen-bond acceptors (Lipinski definition) is 6. The summed E-state index contributed by atoms with van der Waals surface area (Å²) in [6.45, 7) is 1.90. The monoisotopic (exact) mass is 440 g/mol. The Balaban J connectivity index is 1.29. The quantitative estimate of drug-likeness (QED) is 0.584. The van der Waals surface area contributed by atoms with Crippen molar-refractivity contribution in [2.75, 3.05) is 41.5 Å². The third kappa shape index (κ3) is 4.66. The number of benzene rings is 2. The van der Waals surface area contributed by atoms with E-state index in [9.17, 15) is 0 Å². The summed E-state index contributed by atoms with van der Waals surface area (Å²) in [6.07, 6.45) is 6.21. The molecule has 2 atom stereocenters. The van der Waals surface area contributed by atoms with Gasteiger partial charge in [0.25, 0.3) is 0 Å². The zero-order chi connectivity index (χ0) is 22.5. The summed E-state index contributed by atoms with van der Waals surface area (Å²) < 4.78 is 22.4. The Kier molecular flexibility index (Phi) is 7.43. The molecule has 0 heterocycles. The standard InChI is InChI=1S/C26H36N2O4/c1-29-23-9-11-25(31-3)21-15-17(5-7-19(21)23)27-13-14-28-18-6-8-20-22(16-18)26(32-4)12-10-24(20)30-2/h9-12,17-18,27-28H,5-8,13-16H2,1-4H3. The average Bonchev–Trinajstić information content (AvgIpc) is 2.84. The minimum absolute atomic E-state index is 0.460. The van der Waals surface area contributed by atoms with Crippen LogP contribution in [0.5, 0.6) is 23.0 Å². The fourth-order valence-electron chi connectivity index (χ4n) is 5.30. The highest BCUT2D eigenvalue weighted by Gasteiger charge is 2.26. The van der Waals surface area contributed by atoms with Gasteiger partial charge in [0.15, 0.2) is 0 Å². The molecule has 6 heteroatoms. The van der Waals surface area contributed by atoms with Crippen LogP contribution in [0.4, 0.5) is 0 Å². The van der Waals surface area contributed by atoms with E-state index in [2.05, 4.69) is 10.6 Å². The number of hydrogen-bond donors (Lipinski definition) is 2. The molecule has 4 rings (SSSR count). The molecule has 0 bridgehead atoms. The van der Waals surface area contributed by atoms with E-state index < -0.39 is 0 Å². The second-order valence-electron chi connectivity index (χ2n) is 8.64. The maximum Gasteiger partial charge on any atom is 0.122 e. The normalized spacial score (nSPS) is 19.6. The summed E-state index contributed by atoms with van der Waals surface area (Å²) in [5.41, 5.74) is 5.17. The maximum absolute atomic E-state index is 5.61. The molecule has 32 heavy (non-hydrogen) atoms. The van der Waals surface area contributed by atoms with Crippen molar-refractivity contribution in [3.8, 4) is 23.0 Å². The van der Waals surface area contributed by atoms with Crippen LogP contribution in [0.3, 0.4) is 0 Å². The summed E-state index contributed by atoms with van der Waals surface area (Å²) in [5, 5.41) is 7.49. The predicted molar refractivity (Wildman–Crippen MR) is 127 cm³/mol. The van der Waals surface area contributed by atoms with Crippen LogP contribution in [0.15, 0.2) is 24.3 Å². The van der Waals surface area contributed by atoms with Gasteiger partial charge in [-0.25, -0.2) is 0 Å². The molecule has 2 aromatic carbocycles. The predicted octanol–water partition coefficient (Wildman–Crippen LogP) is 3.32. The molecule has 0 aliphatic heterocycles. The summed E-state index contributed by atoms with van der Waals surface area (Å²) in [6, 6.07) is 8.99. The van der Waals surface area contributed by atoms with Crippen molar-refractivity contribution in [1.29, 1.82) is 0 Å². The van der Waals surface area contributed by atoms with Crippen LogP contribution >= 0.6 is 0 Å². The van der Waals surface area contributed by atoms with Gasteiger partial charge in [-0.1, -0.05) is 0 Å². The van der Waals surface area contributed by atoms with Gasteiger partial charge in [-0.15, -0.1) is 0 Å². The van der Waals surface area contributed by atoms with Crippen LogP contribution in [0, 0.1) is 0 Å². The number of methoxy groups -OCH3 is 4. The number of ether oxygens (including phenoxy) is 4. The first-order chi connectivity index (χ1) is 15.7. The SMILES string of the molecule is COc1ccc(OC)c2c1CCC(NCCNC1CCc3c(OC)ccc(OC)c3C1)C2. The van der Waals surface area contributed by atoms with Crippen LogP contribution in [-0.4, -0.2) is 53.6 Å². The molecule has 0 saturated carbocycles. The average molecular weight is 441 g/mol. The summed E-state index contributed by atoms with van der Waals surface area (Å²) in [7, 11) is 6.98. The van der Waals surface area contributed by atoms with Crippen molar-refractivity contribution in [1.82, 2.24) is 10.6 Å². The fraction of sp³-hybridized carbons (Fsp3) is 0.538. The Morgan fingerprint density at radius 3 is 1.28 bits per heavy atom. The summed E-state index contributed by atoms with van der Waals surface area (Å²) in [4.78, 5) is 0. The van der Waals surface area contributed by atoms with Gasteiger partial charge in [0, 0.05) is 47.4 Å². The zero-order valence-corrected chi connectivity index (χ0v) is 19.8. The molecule has 0 amide bonds. The molecule has 6 nitrogen and oxygen atoms in total. The lowest BCUT2D eigenvalue weighted by atomic mass is 9.86. The summed E-state index contributed by atoms with van der Waals surface area (Å²) >= 11 is 0. The van der Waals surface area contributed by atoms with Crippen molar-refractivity contribution < 1.29 is 18.9 Å². The van der Waals surface area contributed by atoms with Crippen molar-refractivity contribution in [3.63, 3.8) is 0 Å². The van der Waals surface area contributed by atoms with Gasteiger partial charge < -0.3 is 29.6 Å². The fourth-order valence-corrected chi connectivity index (χ4v) is 5.30. The van der Waals surface area contributed by atoms with Crippen LogP contribution in [0.25, 0.3) is 0 Å². The molecule has 174 valence electrons. The Morgan fingerprint density at radius 1 is 0.594 bits per heavy atom. The van der Waals surface area contributed by atoms with E-state index in [0.717, 1.165) is 74.6 Å². The number of nitrogens with one attached hydrogen (secondary N) is 2. The molecule has 0 radical (unpaired) electrons. The number of rotatable bonds is 9. The second-order valence-corrected chi connectivity index (χ2v) is 8.64. The van der Waals surface area contributed by atoms with Gasteiger partial charge in [0.1, 0.15) is 23.0 Å². The Labute approximate surface area is 191 Å². The van der Waals surface area contributed by atoms with E-state index in [1.807, 2.05) is 24.3 Å². The van der Waals surface area contributed by atoms with Crippen LogP contribution in [-0.2, 0) is 25.7 Å². The van der Waals surface area contributed by atoms with E-state index in [-0.39, 0.29) is 0 Å². The molecular weight excluding hydrogens is 404 g/mol. The first-order valence-electron chi connectivity index (χ1n) is 11.6. The van der Waals surface area contributed by atoms with E-state index in [1.165, 1.54) is 22.3 Å². The Hall–Kier alpha value is -2.44. The summed E-state index contributed by atoms with van der Waals surface area (Å²) in [5.74, 6) is 3.89. The van der Waals surface area contributed by atoms with Gasteiger partial charge in [0.05, 0.1) is 28.4 Å². The van der Waals surface area contributed by atoms with E-state index in [4.69, 9.17) is 18.9 Å². The minimum Gasteiger partial charge on any atom is -0.496 e. The van der Waals surface area contributed by atoms with Gasteiger partial charge in [-0.3, -0.25) is 0 Å². The van der Waals surface area contributed by atoms with Crippen LogP contribution < -0.4 is 29.6 Å². The molecule has 2 N–H and O–H groups in total. The molecule has 0 aromatic heterocycles. The van der Waals surface area contributed by atoms with Gasteiger partial charge in [-0.2, -0.15) is 0 Å². The minimum atomic E-state index is 0.460. The smallest absolute Gasteiger partial charge is 0.122 e. The highest BCUT2D eigenvalue weighted by Crippen LogP contribution is 2.37. The molecule has 2 unspecified atom stereocenters. The van der Waals surface area contributed by atoms with Gasteiger partial charge in [-0.05, 0) is 62.8 Å². The highest BCUT2D eigenvalue weighted by molar-refractivity contribution is 5.51. The lowest BCUT2D eigenvalue weighted by molar-refractivity contribution is 0.367. The lowest BCUT2D eigenvalue weighted by Crippen LogP contribution is -2.42. The highest BCUT2D eigenvalue weighted by atomic mass is 16.5. The molecular formula is C26H36N2O4.